The van der Waals surface area contributed by atoms with Crippen LogP contribution in [0.15, 0.2) is 24.3 Å². The molecule has 104 valence electrons. The van der Waals surface area contributed by atoms with Crippen molar-refractivity contribution in [2.75, 3.05) is 11.5 Å². The Kier molecular flexibility index (Phi) is 3.77. The van der Waals surface area contributed by atoms with E-state index in [2.05, 4.69) is 0 Å². The second-order valence-corrected chi connectivity index (χ2v) is 6.73. The predicted octanol–water partition coefficient (Wildman–Crippen LogP) is -0.183. The zero-order chi connectivity index (χ0) is 14.0. The van der Waals surface area contributed by atoms with Gasteiger partial charge in [-0.15, -0.1) is 0 Å². The summed E-state index contributed by atoms with van der Waals surface area (Å²) in [6.07, 6.45) is -0.211. The van der Waals surface area contributed by atoms with Gasteiger partial charge in [0, 0.05) is 6.42 Å². The first-order valence-electron chi connectivity index (χ1n) is 5.81. The number of ether oxygens (including phenoxy) is 1. The Morgan fingerprint density at radius 1 is 1.42 bits per heavy atom. The standard InChI is InChI=1S/C12H15NO5S/c13-10(12(14)15)5-8-3-1-2-4-11(8)18-9-6-19(16,17)7-9/h1-4,9-10H,5-7,13H2,(H,14,15). The van der Waals surface area contributed by atoms with E-state index in [0.717, 1.165) is 0 Å². The van der Waals surface area contributed by atoms with E-state index < -0.39 is 21.8 Å². The van der Waals surface area contributed by atoms with Gasteiger partial charge in [0.1, 0.15) is 17.9 Å². The molecule has 1 unspecified atom stereocenters. The van der Waals surface area contributed by atoms with Crippen molar-refractivity contribution in [1.29, 1.82) is 0 Å². The van der Waals surface area contributed by atoms with Crippen molar-refractivity contribution in [3.63, 3.8) is 0 Å². The minimum absolute atomic E-state index is 0.00627. The van der Waals surface area contributed by atoms with Crippen molar-refractivity contribution in [3.05, 3.63) is 29.8 Å². The maximum absolute atomic E-state index is 11.1. The highest BCUT2D eigenvalue weighted by Crippen LogP contribution is 2.24. The summed E-state index contributed by atoms with van der Waals surface area (Å²) < 4.78 is 27.7. The summed E-state index contributed by atoms with van der Waals surface area (Å²) in [7, 11) is -2.94. The van der Waals surface area contributed by atoms with Crippen LogP contribution in [-0.4, -0.2) is 43.1 Å². The smallest absolute Gasteiger partial charge is 0.320 e. The van der Waals surface area contributed by atoms with Crippen LogP contribution in [0, 0.1) is 0 Å². The molecule has 1 aliphatic rings. The van der Waals surface area contributed by atoms with Crippen LogP contribution in [0.2, 0.25) is 0 Å². The van der Waals surface area contributed by atoms with E-state index in [1.807, 2.05) is 0 Å². The predicted molar refractivity (Wildman–Crippen MR) is 68.8 cm³/mol. The van der Waals surface area contributed by atoms with E-state index >= 15 is 0 Å². The molecule has 0 amide bonds. The monoisotopic (exact) mass is 285 g/mol. The Morgan fingerprint density at radius 3 is 2.63 bits per heavy atom. The second kappa shape index (κ2) is 5.18. The third-order valence-electron chi connectivity index (χ3n) is 2.90. The third-order valence-corrected chi connectivity index (χ3v) is 4.66. The molecule has 1 atom stereocenters. The fourth-order valence-corrected chi connectivity index (χ4v) is 3.05. The Morgan fingerprint density at radius 2 is 2.05 bits per heavy atom. The molecule has 1 heterocycles. The minimum Gasteiger partial charge on any atom is -0.488 e. The van der Waals surface area contributed by atoms with Crippen molar-refractivity contribution in [1.82, 2.24) is 0 Å². The lowest BCUT2D eigenvalue weighted by atomic mass is 10.1. The van der Waals surface area contributed by atoms with Crippen molar-refractivity contribution >= 4 is 15.8 Å². The minimum atomic E-state index is -2.94. The Bertz CT molecular complexity index is 572. The molecule has 0 saturated carbocycles. The molecule has 3 N–H and O–H groups in total. The van der Waals surface area contributed by atoms with E-state index in [1.54, 1.807) is 24.3 Å². The SMILES string of the molecule is NC(Cc1ccccc1OC1CS(=O)(=O)C1)C(=O)O. The first kappa shape index (κ1) is 13.8. The molecule has 0 bridgehead atoms. The summed E-state index contributed by atoms with van der Waals surface area (Å²) in [5.41, 5.74) is 6.16. The number of hydrogen-bond donors (Lipinski definition) is 2. The number of aliphatic carboxylic acids is 1. The van der Waals surface area contributed by atoms with E-state index in [9.17, 15) is 13.2 Å². The molecule has 1 fully saturated rings. The van der Waals surface area contributed by atoms with Gasteiger partial charge in [0.05, 0.1) is 11.5 Å². The molecule has 7 heteroatoms. The molecular weight excluding hydrogens is 270 g/mol. The molecule has 1 aromatic carbocycles. The topological polar surface area (TPSA) is 107 Å². The van der Waals surface area contributed by atoms with Crippen LogP contribution in [0.25, 0.3) is 0 Å². The van der Waals surface area contributed by atoms with Gasteiger partial charge < -0.3 is 15.6 Å². The number of benzene rings is 1. The number of para-hydroxylation sites is 1. The number of nitrogens with two attached hydrogens (primary N) is 1. The van der Waals surface area contributed by atoms with Crippen molar-refractivity contribution in [3.8, 4) is 5.75 Å². The zero-order valence-corrected chi connectivity index (χ0v) is 11.0. The number of carboxylic acid groups (broad SMARTS) is 1. The number of sulfone groups is 1. The van der Waals surface area contributed by atoms with Gasteiger partial charge in [-0.3, -0.25) is 4.79 Å². The molecule has 1 saturated heterocycles. The summed E-state index contributed by atoms with van der Waals surface area (Å²) in [6.45, 7) is 0. The highest BCUT2D eigenvalue weighted by atomic mass is 32.2. The fourth-order valence-electron chi connectivity index (χ4n) is 1.88. The first-order valence-corrected chi connectivity index (χ1v) is 7.63. The van der Waals surface area contributed by atoms with Gasteiger partial charge in [-0.05, 0) is 11.6 Å². The summed E-state index contributed by atoms with van der Waals surface area (Å²) in [4.78, 5) is 10.7. The van der Waals surface area contributed by atoms with Crippen molar-refractivity contribution < 1.29 is 23.1 Å². The lowest BCUT2D eigenvalue weighted by molar-refractivity contribution is -0.138. The lowest BCUT2D eigenvalue weighted by Gasteiger charge is -2.27. The van der Waals surface area contributed by atoms with E-state index in [0.29, 0.717) is 11.3 Å². The Hall–Kier alpha value is -1.60. The van der Waals surface area contributed by atoms with Crippen LogP contribution in [0.1, 0.15) is 5.56 Å². The summed E-state index contributed by atoms with van der Waals surface area (Å²) in [5, 5.41) is 8.80. The summed E-state index contributed by atoms with van der Waals surface area (Å²) >= 11 is 0. The molecular formula is C12H15NO5S. The normalized spacial score (nSPS) is 19.4. The van der Waals surface area contributed by atoms with Crippen LogP contribution in [0.3, 0.4) is 0 Å². The van der Waals surface area contributed by atoms with E-state index in [-0.39, 0.29) is 24.0 Å². The highest BCUT2D eigenvalue weighted by molar-refractivity contribution is 7.92. The van der Waals surface area contributed by atoms with E-state index in [4.69, 9.17) is 15.6 Å². The molecule has 2 rings (SSSR count). The van der Waals surface area contributed by atoms with Gasteiger partial charge in [0.15, 0.2) is 9.84 Å². The third kappa shape index (κ3) is 3.45. The van der Waals surface area contributed by atoms with Gasteiger partial charge >= 0.3 is 5.97 Å². The average molecular weight is 285 g/mol. The Balaban J connectivity index is 2.06. The zero-order valence-electron chi connectivity index (χ0n) is 10.2. The molecule has 1 aliphatic heterocycles. The molecule has 0 aromatic heterocycles. The molecule has 6 nitrogen and oxygen atoms in total. The summed E-state index contributed by atoms with van der Waals surface area (Å²) in [6, 6.07) is 5.92. The van der Waals surface area contributed by atoms with Crippen molar-refractivity contribution in [2.45, 2.75) is 18.6 Å². The molecule has 0 spiro atoms. The van der Waals surface area contributed by atoms with Crippen LogP contribution < -0.4 is 10.5 Å². The molecule has 19 heavy (non-hydrogen) atoms. The van der Waals surface area contributed by atoms with Gasteiger partial charge in [-0.25, -0.2) is 8.42 Å². The van der Waals surface area contributed by atoms with Gasteiger partial charge in [0.25, 0.3) is 0 Å². The Labute approximate surface area is 111 Å². The van der Waals surface area contributed by atoms with E-state index in [1.165, 1.54) is 0 Å². The van der Waals surface area contributed by atoms with Gasteiger partial charge in [0.2, 0.25) is 0 Å². The van der Waals surface area contributed by atoms with Crippen LogP contribution in [-0.2, 0) is 21.1 Å². The largest absolute Gasteiger partial charge is 0.488 e. The molecule has 1 aromatic rings. The quantitative estimate of drug-likeness (QED) is 0.777. The first-order chi connectivity index (χ1) is 8.87. The molecule has 0 radical (unpaired) electrons. The van der Waals surface area contributed by atoms with Gasteiger partial charge in [-0.1, -0.05) is 18.2 Å². The average Bonchev–Trinajstić information content (AvgIpc) is 2.29. The molecule has 0 aliphatic carbocycles. The van der Waals surface area contributed by atoms with Gasteiger partial charge in [-0.2, -0.15) is 0 Å². The number of rotatable bonds is 5. The lowest BCUT2D eigenvalue weighted by Crippen LogP contribution is -2.45. The van der Waals surface area contributed by atoms with Crippen LogP contribution >= 0.6 is 0 Å². The highest BCUT2D eigenvalue weighted by Gasteiger charge is 2.35. The fraction of sp³-hybridized carbons (Fsp3) is 0.417. The van der Waals surface area contributed by atoms with Crippen molar-refractivity contribution in [2.24, 2.45) is 5.73 Å². The maximum Gasteiger partial charge on any atom is 0.320 e. The van der Waals surface area contributed by atoms with Crippen LogP contribution in [0.5, 0.6) is 5.75 Å². The number of carboxylic acids is 1. The maximum atomic E-state index is 11.1. The number of hydrogen-bond acceptors (Lipinski definition) is 5. The summed E-state index contributed by atoms with van der Waals surface area (Å²) in [5.74, 6) is -0.571. The van der Waals surface area contributed by atoms with Crippen LogP contribution in [0.4, 0.5) is 0 Å². The number of carbonyl (C=O) groups is 1. The second-order valence-electron chi connectivity index (χ2n) is 4.57.